The van der Waals surface area contributed by atoms with Crippen molar-refractivity contribution in [1.29, 1.82) is 0 Å². The molecule has 4 heteroatoms. The van der Waals surface area contributed by atoms with E-state index in [9.17, 15) is 4.39 Å². The summed E-state index contributed by atoms with van der Waals surface area (Å²) >= 11 is 6.08. The van der Waals surface area contributed by atoms with Gasteiger partial charge in [0.2, 0.25) is 0 Å². The first-order chi connectivity index (χ1) is 12.2. The molecule has 1 N–H and O–H groups in total. The lowest BCUT2D eigenvalue weighted by Gasteiger charge is -2.18. The predicted molar refractivity (Wildman–Crippen MR) is 101 cm³/mol. The van der Waals surface area contributed by atoms with E-state index in [2.05, 4.69) is 11.4 Å². The van der Waals surface area contributed by atoms with E-state index in [1.807, 2.05) is 18.2 Å². The third-order valence-corrected chi connectivity index (χ3v) is 5.20. The minimum atomic E-state index is -0.332. The van der Waals surface area contributed by atoms with Gasteiger partial charge in [0.25, 0.3) is 0 Å². The highest BCUT2D eigenvalue weighted by molar-refractivity contribution is 6.31. The summed E-state index contributed by atoms with van der Waals surface area (Å²) in [6.07, 6.45) is 7.80. The van der Waals surface area contributed by atoms with Gasteiger partial charge in [-0.3, -0.25) is 0 Å². The zero-order valence-corrected chi connectivity index (χ0v) is 15.2. The number of para-hydroxylation sites is 1. The molecule has 1 aliphatic rings. The Balaban J connectivity index is 1.62. The normalized spacial score (nSPS) is 15.8. The number of halogens is 2. The van der Waals surface area contributed by atoms with Crippen molar-refractivity contribution in [3.05, 3.63) is 64.4 Å². The number of hydrogen-bond donors (Lipinski definition) is 1. The molecule has 3 rings (SSSR count). The van der Waals surface area contributed by atoms with Crippen molar-refractivity contribution in [3.63, 3.8) is 0 Å². The lowest BCUT2D eigenvalue weighted by molar-refractivity contribution is 0.295. The number of nitrogens with one attached hydrogen (secondary N) is 1. The summed E-state index contributed by atoms with van der Waals surface area (Å²) in [6, 6.07) is 13.2. The second-order valence-corrected chi connectivity index (χ2v) is 7.07. The van der Waals surface area contributed by atoms with Gasteiger partial charge in [-0.15, -0.1) is 0 Å². The highest BCUT2D eigenvalue weighted by Crippen LogP contribution is 2.24. The van der Waals surface area contributed by atoms with Crippen LogP contribution in [0.2, 0.25) is 5.02 Å². The van der Waals surface area contributed by atoms with Crippen LogP contribution in [0.4, 0.5) is 4.39 Å². The summed E-state index contributed by atoms with van der Waals surface area (Å²) in [4.78, 5) is 0. The molecule has 0 saturated heterocycles. The van der Waals surface area contributed by atoms with E-state index < -0.39 is 0 Å². The molecule has 1 saturated carbocycles. The SMILES string of the molecule is Fc1cccc(Cl)c1COc1ccccc1CNC1CCCCCC1. The van der Waals surface area contributed by atoms with Crippen molar-refractivity contribution in [2.45, 2.75) is 57.7 Å². The van der Waals surface area contributed by atoms with Crippen LogP contribution >= 0.6 is 11.6 Å². The Kier molecular flexibility index (Phi) is 6.71. The molecule has 0 spiro atoms. The summed E-state index contributed by atoms with van der Waals surface area (Å²) in [5, 5.41) is 4.06. The maximum absolute atomic E-state index is 13.9. The predicted octanol–water partition coefficient (Wildman–Crippen LogP) is 5.87. The highest BCUT2D eigenvalue weighted by Gasteiger charge is 2.13. The third kappa shape index (κ3) is 5.20. The van der Waals surface area contributed by atoms with Gasteiger partial charge in [-0.25, -0.2) is 4.39 Å². The smallest absolute Gasteiger partial charge is 0.131 e. The summed E-state index contributed by atoms with van der Waals surface area (Å²) < 4.78 is 19.8. The molecule has 0 aliphatic heterocycles. The second kappa shape index (κ2) is 9.21. The number of rotatable bonds is 6. The average molecular weight is 362 g/mol. The fraction of sp³-hybridized carbons (Fsp3) is 0.429. The fourth-order valence-corrected chi connectivity index (χ4v) is 3.57. The molecule has 0 aromatic heterocycles. The van der Waals surface area contributed by atoms with Gasteiger partial charge in [-0.05, 0) is 31.0 Å². The molecular formula is C21H25ClFNO. The van der Waals surface area contributed by atoms with E-state index in [1.165, 1.54) is 44.6 Å². The monoisotopic (exact) mass is 361 g/mol. The van der Waals surface area contributed by atoms with Gasteiger partial charge in [0.1, 0.15) is 18.2 Å². The maximum atomic E-state index is 13.9. The number of ether oxygens (including phenoxy) is 1. The number of hydrogen-bond acceptors (Lipinski definition) is 2. The van der Waals surface area contributed by atoms with Crippen LogP contribution in [0.25, 0.3) is 0 Å². The summed E-state index contributed by atoms with van der Waals surface area (Å²) in [5.41, 5.74) is 1.50. The Labute approximate surface area is 154 Å². The quantitative estimate of drug-likeness (QED) is 0.649. The molecule has 0 amide bonds. The van der Waals surface area contributed by atoms with Crippen molar-refractivity contribution in [3.8, 4) is 5.75 Å². The van der Waals surface area contributed by atoms with Gasteiger partial charge in [0.05, 0.1) is 5.02 Å². The molecule has 0 heterocycles. The molecule has 2 nitrogen and oxygen atoms in total. The van der Waals surface area contributed by atoms with Gasteiger partial charge in [0, 0.05) is 23.7 Å². The van der Waals surface area contributed by atoms with Crippen LogP contribution in [-0.4, -0.2) is 6.04 Å². The average Bonchev–Trinajstić information content (AvgIpc) is 2.89. The van der Waals surface area contributed by atoms with Crippen molar-refractivity contribution in [2.24, 2.45) is 0 Å². The van der Waals surface area contributed by atoms with Gasteiger partial charge in [0.15, 0.2) is 0 Å². The Morgan fingerprint density at radius 1 is 1.00 bits per heavy atom. The summed E-state index contributed by atoms with van der Waals surface area (Å²) in [7, 11) is 0. The first-order valence-electron chi connectivity index (χ1n) is 9.11. The largest absolute Gasteiger partial charge is 0.488 e. The van der Waals surface area contributed by atoms with E-state index in [0.29, 0.717) is 16.6 Å². The standard InChI is InChI=1S/C21H25ClFNO/c22-19-11-7-12-20(23)18(19)15-25-21-13-6-5-8-16(21)14-24-17-9-3-1-2-4-10-17/h5-8,11-13,17,24H,1-4,9-10,14-15H2. The van der Waals surface area contributed by atoms with Crippen LogP contribution in [0.1, 0.15) is 49.7 Å². The van der Waals surface area contributed by atoms with Gasteiger partial charge >= 0.3 is 0 Å². The molecule has 0 unspecified atom stereocenters. The topological polar surface area (TPSA) is 21.3 Å². The molecule has 134 valence electrons. The van der Waals surface area contributed by atoms with Crippen LogP contribution in [-0.2, 0) is 13.2 Å². The Bertz CT molecular complexity index is 663. The Morgan fingerprint density at radius 3 is 2.52 bits per heavy atom. The molecule has 25 heavy (non-hydrogen) atoms. The molecular weight excluding hydrogens is 337 g/mol. The molecule has 1 fully saturated rings. The van der Waals surface area contributed by atoms with Gasteiger partial charge < -0.3 is 10.1 Å². The van der Waals surface area contributed by atoms with Crippen LogP contribution in [0.15, 0.2) is 42.5 Å². The van der Waals surface area contributed by atoms with E-state index in [4.69, 9.17) is 16.3 Å². The lowest BCUT2D eigenvalue weighted by atomic mass is 10.1. The lowest BCUT2D eigenvalue weighted by Crippen LogP contribution is -2.28. The van der Waals surface area contributed by atoms with E-state index in [0.717, 1.165) is 17.9 Å². The van der Waals surface area contributed by atoms with Crippen LogP contribution in [0, 0.1) is 5.82 Å². The van der Waals surface area contributed by atoms with Crippen molar-refractivity contribution in [1.82, 2.24) is 5.32 Å². The zero-order chi connectivity index (χ0) is 17.5. The van der Waals surface area contributed by atoms with Crippen molar-refractivity contribution in [2.75, 3.05) is 0 Å². The second-order valence-electron chi connectivity index (χ2n) is 6.67. The van der Waals surface area contributed by atoms with Crippen LogP contribution in [0.3, 0.4) is 0 Å². The first-order valence-corrected chi connectivity index (χ1v) is 9.49. The summed E-state index contributed by atoms with van der Waals surface area (Å²) in [5.74, 6) is 0.449. The molecule has 0 bridgehead atoms. The maximum Gasteiger partial charge on any atom is 0.131 e. The minimum Gasteiger partial charge on any atom is -0.488 e. The first kappa shape index (κ1) is 18.2. The van der Waals surface area contributed by atoms with Crippen LogP contribution < -0.4 is 10.1 Å². The minimum absolute atomic E-state index is 0.131. The van der Waals surface area contributed by atoms with Crippen molar-refractivity contribution >= 4 is 11.6 Å². The Morgan fingerprint density at radius 2 is 1.76 bits per heavy atom. The molecule has 1 aliphatic carbocycles. The van der Waals surface area contributed by atoms with E-state index >= 15 is 0 Å². The van der Waals surface area contributed by atoms with Crippen molar-refractivity contribution < 1.29 is 9.13 Å². The number of benzene rings is 2. The zero-order valence-electron chi connectivity index (χ0n) is 14.4. The fourth-order valence-electron chi connectivity index (χ4n) is 3.35. The van der Waals surface area contributed by atoms with Gasteiger partial charge in [-0.2, -0.15) is 0 Å². The van der Waals surface area contributed by atoms with E-state index in [-0.39, 0.29) is 12.4 Å². The third-order valence-electron chi connectivity index (χ3n) is 4.84. The Hall–Kier alpha value is -1.58. The van der Waals surface area contributed by atoms with Gasteiger partial charge in [-0.1, -0.05) is 61.5 Å². The van der Waals surface area contributed by atoms with Crippen LogP contribution in [0.5, 0.6) is 5.75 Å². The molecule has 2 aromatic carbocycles. The molecule has 0 radical (unpaired) electrons. The highest BCUT2D eigenvalue weighted by atomic mass is 35.5. The molecule has 0 atom stereocenters. The summed E-state index contributed by atoms with van der Waals surface area (Å²) in [6.45, 7) is 0.901. The van der Waals surface area contributed by atoms with E-state index in [1.54, 1.807) is 12.1 Å². The molecule has 2 aromatic rings.